The van der Waals surface area contributed by atoms with E-state index in [0.29, 0.717) is 20.2 Å². The number of halogens is 3. The van der Waals surface area contributed by atoms with Crippen molar-refractivity contribution in [2.45, 2.75) is 6.92 Å². The number of carbonyl (C=O) groups excluding carboxylic acids is 3. The number of rotatable bonds is 7. The van der Waals surface area contributed by atoms with Crippen molar-refractivity contribution in [3.05, 3.63) is 68.0 Å². The number of hydrogen-bond acceptors (Lipinski definition) is 7. The summed E-state index contributed by atoms with van der Waals surface area (Å²) in [5, 5.41) is 8.71. The van der Waals surface area contributed by atoms with Crippen LogP contribution in [0.25, 0.3) is 5.82 Å². The number of pyridine rings is 1. The van der Waals surface area contributed by atoms with Crippen LogP contribution >= 0.6 is 39.1 Å². The van der Waals surface area contributed by atoms with Gasteiger partial charge in [-0.2, -0.15) is 5.10 Å². The van der Waals surface area contributed by atoms with Gasteiger partial charge in [-0.3, -0.25) is 19.4 Å². The average molecular weight is 570 g/mol. The van der Waals surface area contributed by atoms with Gasteiger partial charge < -0.3 is 10.1 Å². The van der Waals surface area contributed by atoms with Gasteiger partial charge in [0.2, 0.25) is 0 Å². The second-order valence-corrected chi connectivity index (χ2v) is 8.60. The number of aryl methyl sites for hydroxylation is 1. The molecule has 0 saturated carbocycles. The predicted molar refractivity (Wildman–Crippen MR) is 130 cm³/mol. The highest BCUT2D eigenvalue weighted by Gasteiger charge is 2.24. The monoisotopic (exact) mass is 568 g/mol. The molecule has 3 rings (SSSR count). The summed E-state index contributed by atoms with van der Waals surface area (Å²) in [5.74, 6) is -1.39. The molecule has 2 N–H and O–H groups in total. The number of hydrazine groups is 1. The van der Waals surface area contributed by atoms with Crippen molar-refractivity contribution in [1.29, 1.82) is 0 Å². The molecule has 0 unspecified atom stereocenters. The minimum absolute atomic E-state index is 0.110. The normalized spacial score (nSPS) is 10.6. The van der Waals surface area contributed by atoms with Crippen molar-refractivity contribution in [2.24, 2.45) is 0 Å². The van der Waals surface area contributed by atoms with Crippen LogP contribution < -0.4 is 10.7 Å². The molecule has 2 amide bonds. The number of anilines is 1. The maximum absolute atomic E-state index is 13.3. The van der Waals surface area contributed by atoms with Crippen LogP contribution in [0.1, 0.15) is 26.4 Å². The maximum atomic E-state index is 13.3. The Morgan fingerprint density at radius 2 is 1.97 bits per heavy atom. The number of methoxy groups -OCH3 is 1. The summed E-state index contributed by atoms with van der Waals surface area (Å²) in [6, 6.07) is 7.81. The van der Waals surface area contributed by atoms with Gasteiger partial charge in [0, 0.05) is 24.3 Å². The van der Waals surface area contributed by atoms with Gasteiger partial charge in [0.15, 0.2) is 5.82 Å². The number of hydrogen-bond donors (Lipinski definition) is 2. The van der Waals surface area contributed by atoms with Gasteiger partial charge in [-0.1, -0.05) is 23.2 Å². The molecule has 0 aliphatic heterocycles. The Balaban J connectivity index is 1.95. The molecule has 0 spiro atoms. The van der Waals surface area contributed by atoms with E-state index in [9.17, 15) is 14.4 Å². The number of nitrogens with one attached hydrogen (secondary N) is 2. The molecule has 2 heterocycles. The molecular weight excluding hydrogens is 551 g/mol. The van der Waals surface area contributed by atoms with Gasteiger partial charge in [0.05, 0.1) is 23.4 Å². The third-order valence-electron chi connectivity index (χ3n) is 4.61. The van der Waals surface area contributed by atoms with Crippen LogP contribution in [-0.2, 0) is 9.53 Å². The molecule has 13 heteroatoms. The molecule has 0 aliphatic carbocycles. The van der Waals surface area contributed by atoms with Crippen molar-refractivity contribution in [1.82, 2.24) is 25.2 Å². The third kappa shape index (κ3) is 5.73. The van der Waals surface area contributed by atoms with E-state index < -0.39 is 17.8 Å². The first-order chi connectivity index (χ1) is 16.1. The first-order valence-corrected chi connectivity index (χ1v) is 11.2. The second kappa shape index (κ2) is 11.0. The molecule has 1 aromatic carbocycles. The first-order valence-electron chi connectivity index (χ1n) is 9.68. The van der Waals surface area contributed by atoms with E-state index in [-0.39, 0.29) is 29.3 Å². The summed E-state index contributed by atoms with van der Waals surface area (Å²) >= 11 is 15.7. The van der Waals surface area contributed by atoms with Gasteiger partial charge >= 0.3 is 5.97 Å². The van der Waals surface area contributed by atoms with Crippen LogP contribution in [0.4, 0.5) is 5.69 Å². The van der Waals surface area contributed by atoms with E-state index in [2.05, 4.69) is 41.5 Å². The van der Waals surface area contributed by atoms with Gasteiger partial charge in [-0.15, -0.1) is 0 Å². The number of nitrogens with zero attached hydrogens (tertiary/aromatic N) is 4. The Hall–Kier alpha value is -2.99. The lowest BCUT2D eigenvalue weighted by molar-refractivity contribution is -0.140. The largest absolute Gasteiger partial charge is 0.468 e. The van der Waals surface area contributed by atoms with Gasteiger partial charge in [-0.05, 0) is 52.7 Å². The van der Waals surface area contributed by atoms with E-state index >= 15 is 0 Å². The molecule has 2 aromatic heterocycles. The fourth-order valence-corrected chi connectivity index (χ4v) is 3.82. The van der Waals surface area contributed by atoms with Crippen molar-refractivity contribution >= 4 is 62.6 Å². The smallest absolute Gasteiger partial charge is 0.321 e. The maximum Gasteiger partial charge on any atom is 0.321 e. The molecule has 0 aliphatic rings. The molecule has 178 valence electrons. The summed E-state index contributed by atoms with van der Waals surface area (Å²) in [5.41, 5.74) is 3.65. The standard InChI is InChI=1S/C21H19BrCl2N6O4/c1-11-7-12(23)8-13(21(33)29(2)26-10-17(31)34-3)18(11)27-20(32)15-9-16(22)28-30(15)19-14(24)5-4-6-25-19/h4-9,26H,10H2,1-3H3,(H,27,32). The molecule has 0 atom stereocenters. The minimum atomic E-state index is -0.565. The summed E-state index contributed by atoms with van der Waals surface area (Å²) in [4.78, 5) is 41.9. The van der Waals surface area contributed by atoms with E-state index in [1.165, 1.54) is 37.2 Å². The zero-order chi connectivity index (χ0) is 25.0. The highest BCUT2D eigenvalue weighted by atomic mass is 79.9. The number of benzene rings is 1. The SMILES string of the molecule is COC(=O)CNN(C)C(=O)c1cc(Cl)cc(C)c1NC(=O)c1cc(Br)nn1-c1ncccc1Cl. The van der Waals surface area contributed by atoms with Crippen LogP contribution in [0.5, 0.6) is 0 Å². The Morgan fingerprint density at radius 1 is 1.24 bits per heavy atom. The lowest BCUT2D eigenvalue weighted by Crippen LogP contribution is -2.42. The Morgan fingerprint density at radius 3 is 2.65 bits per heavy atom. The Kier molecular flexibility index (Phi) is 8.26. The van der Waals surface area contributed by atoms with E-state index in [1.54, 1.807) is 25.1 Å². The number of carbonyl (C=O) groups is 3. The van der Waals surface area contributed by atoms with E-state index in [1.807, 2.05) is 0 Å². The molecule has 0 radical (unpaired) electrons. The van der Waals surface area contributed by atoms with Crippen LogP contribution in [0.2, 0.25) is 10.0 Å². The summed E-state index contributed by atoms with van der Waals surface area (Å²) in [6.45, 7) is 1.47. The van der Waals surface area contributed by atoms with E-state index in [0.717, 1.165) is 5.01 Å². The van der Waals surface area contributed by atoms with E-state index in [4.69, 9.17) is 23.2 Å². The Labute approximate surface area is 213 Å². The fraction of sp³-hybridized carbons (Fsp3) is 0.190. The highest BCUT2D eigenvalue weighted by molar-refractivity contribution is 9.10. The molecule has 10 nitrogen and oxygen atoms in total. The predicted octanol–water partition coefficient (Wildman–Crippen LogP) is 3.65. The van der Waals surface area contributed by atoms with Crippen molar-refractivity contribution in [3.63, 3.8) is 0 Å². The quantitative estimate of drug-likeness (QED) is 0.329. The van der Waals surface area contributed by atoms with Crippen LogP contribution in [0, 0.1) is 6.92 Å². The average Bonchev–Trinajstić information content (AvgIpc) is 3.19. The number of aromatic nitrogens is 3. The third-order valence-corrected chi connectivity index (χ3v) is 5.51. The summed E-state index contributed by atoms with van der Waals surface area (Å²) < 4.78 is 6.24. The zero-order valence-corrected chi connectivity index (χ0v) is 21.3. The lowest BCUT2D eigenvalue weighted by Gasteiger charge is -2.21. The van der Waals surface area contributed by atoms with Gasteiger partial charge in [0.1, 0.15) is 16.8 Å². The number of esters is 1. The lowest BCUT2D eigenvalue weighted by atomic mass is 10.1. The molecule has 0 bridgehead atoms. The number of ether oxygens (including phenoxy) is 1. The molecule has 0 saturated heterocycles. The van der Waals surface area contributed by atoms with Crippen LogP contribution in [0.15, 0.2) is 41.1 Å². The molecule has 0 fully saturated rings. The second-order valence-electron chi connectivity index (χ2n) is 6.95. The van der Waals surface area contributed by atoms with Gasteiger partial charge in [0.25, 0.3) is 11.8 Å². The van der Waals surface area contributed by atoms with Crippen molar-refractivity contribution < 1.29 is 19.1 Å². The topological polar surface area (TPSA) is 118 Å². The summed E-state index contributed by atoms with van der Waals surface area (Å²) in [6.07, 6.45) is 1.52. The fourth-order valence-electron chi connectivity index (χ4n) is 2.97. The number of amides is 2. The van der Waals surface area contributed by atoms with Crippen LogP contribution in [0.3, 0.4) is 0 Å². The highest BCUT2D eigenvalue weighted by Crippen LogP contribution is 2.28. The van der Waals surface area contributed by atoms with Crippen LogP contribution in [-0.4, -0.2) is 58.3 Å². The molecular formula is C21H19BrCl2N6O4. The summed E-state index contributed by atoms with van der Waals surface area (Å²) in [7, 11) is 2.67. The minimum Gasteiger partial charge on any atom is -0.468 e. The van der Waals surface area contributed by atoms with Crippen molar-refractivity contribution in [2.75, 3.05) is 26.0 Å². The zero-order valence-electron chi connectivity index (χ0n) is 18.2. The van der Waals surface area contributed by atoms with Crippen molar-refractivity contribution in [3.8, 4) is 5.82 Å². The first kappa shape index (κ1) is 25.6. The van der Waals surface area contributed by atoms with Gasteiger partial charge in [-0.25, -0.2) is 15.1 Å². The Bertz CT molecular complexity index is 1270. The molecule has 34 heavy (non-hydrogen) atoms. The molecule has 3 aromatic rings.